The monoisotopic (exact) mass is 597 g/mol. The number of carbonyl (C=O) groups excluding carboxylic acids is 2. The zero-order valence-electron chi connectivity index (χ0n) is 27.2. The molecule has 0 radical (unpaired) electrons. The first-order valence-electron chi connectivity index (χ1n) is 16.0. The normalized spacial score (nSPS) is 11.5. The van der Waals surface area contributed by atoms with Crippen LogP contribution >= 0.6 is 0 Å². The van der Waals surface area contributed by atoms with Crippen LogP contribution in [0, 0.1) is 0 Å². The van der Waals surface area contributed by atoms with Crippen molar-refractivity contribution in [3.05, 3.63) is 78.1 Å². The molecule has 0 atom stereocenters. The number of rotatable bonds is 13. The zero-order valence-corrected chi connectivity index (χ0v) is 27.2. The summed E-state index contributed by atoms with van der Waals surface area (Å²) in [5.74, 6) is 1.68. The number of ether oxygens (including phenoxy) is 2. The van der Waals surface area contributed by atoms with Crippen molar-refractivity contribution in [2.45, 2.75) is 98.6 Å². The Bertz CT molecular complexity index is 1550. The average Bonchev–Trinajstić information content (AvgIpc) is 3.32. The number of fused-ring (bicyclic) bond motifs is 1. The fourth-order valence-corrected chi connectivity index (χ4v) is 5.22. The van der Waals surface area contributed by atoms with Gasteiger partial charge < -0.3 is 18.9 Å². The van der Waals surface area contributed by atoms with Gasteiger partial charge in [0.05, 0.1) is 11.0 Å². The lowest BCUT2D eigenvalue weighted by Crippen LogP contribution is -2.31. The molecule has 7 nitrogen and oxygen atoms in total. The first-order valence-corrected chi connectivity index (χ1v) is 16.0. The Hall–Kier alpha value is -4.13. The van der Waals surface area contributed by atoms with Gasteiger partial charge in [-0.3, -0.25) is 4.79 Å². The number of aromatic nitrogens is 2. The van der Waals surface area contributed by atoms with E-state index in [-0.39, 0.29) is 5.91 Å². The maximum Gasteiger partial charge on any atom is 0.514 e. The molecule has 0 saturated heterocycles. The minimum atomic E-state index is -0.725. The van der Waals surface area contributed by atoms with Crippen molar-refractivity contribution in [3.8, 4) is 16.9 Å². The number of benzene rings is 3. The molecule has 7 heteroatoms. The van der Waals surface area contributed by atoms with E-state index in [0.717, 1.165) is 84.3 Å². The van der Waals surface area contributed by atoms with E-state index in [4.69, 9.17) is 14.5 Å². The molecule has 4 aromatic rings. The van der Waals surface area contributed by atoms with Crippen LogP contribution in [-0.4, -0.2) is 33.8 Å². The molecule has 0 saturated carbocycles. The van der Waals surface area contributed by atoms with E-state index in [0.29, 0.717) is 18.7 Å². The van der Waals surface area contributed by atoms with Crippen molar-refractivity contribution in [1.29, 1.82) is 0 Å². The number of aryl methyl sites for hydroxylation is 1. The summed E-state index contributed by atoms with van der Waals surface area (Å²) in [5, 5.41) is 0. The minimum absolute atomic E-state index is 0.170. The van der Waals surface area contributed by atoms with E-state index < -0.39 is 11.8 Å². The fourth-order valence-electron chi connectivity index (χ4n) is 5.22. The van der Waals surface area contributed by atoms with Crippen LogP contribution in [0.3, 0.4) is 0 Å². The number of nitrogens with zero attached hydrogens (tertiary/aromatic N) is 3. The predicted octanol–water partition coefficient (Wildman–Crippen LogP) is 9.34. The summed E-state index contributed by atoms with van der Waals surface area (Å²) in [6.07, 6.45) is 5.68. The molecule has 234 valence electrons. The molecule has 0 fully saturated rings. The molecule has 3 aromatic carbocycles. The highest BCUT2D eigenvalue weighted by Crippen LogP contribution is 2.32. The lowest BCUT2D eigenvalue weighted by atomic mass is 10.0. The predicted molar refractivity (Wildman–Crippen MR) is 178 cm³/mol. The molecule has 0 bridgehead atoms. The maximum absolute atomic E-state index is 13.1. The molecule has 4 rings (SSSR count). The van der Waals surface area contributed by atoms with Crippen molar-refractivity contribution >= 4 is 28.8 Å². The number of amides is 1. The molecule has 0 spiro atoms. The summed E-state index contributed by atoms with van der Waals surface area (Å²) in [7, 11) is 0. The van der Waals surface area contributed by atoms with Crippen LogP contribution in [0.2, 0.25) is 0 Å². The van der Waals surface area contributed by atoms with Crippen molar-refractivity contribution < 1.29 is 19.1 Å². The largest absolute Gasteiger partial charge is 0.514 e. The number of hydrogen-bond acceptors (Lipinski definition) is 5. The molecule has 1 aromatic heterocycles. The highest BCUT2D eigenvalue weighted by atomic mass is 16.7. The third-order valence-electron chi connectivity index (χ3n) is 7.45. The van der Waals surface area contributed by atoms with Crippen LogP contribution in [0.25, 0.3) is 22.2 Å². The molecule has 44 heavy (non-hydrogen) atoms. The summed E-state index contributed by atoms with van der Waals surface area (Å²) in [5.41, 5.74) is 5.17. The van der Waals surface area contributed by atoms with Gasteiger partial charge in [-0.05, 0) is 75.4 Å². The van der Waals surface area contributed by atoms with Crippen molar-refractivity contribution in [2.75, 3.05) is 11.4 Å². The first-order chi connectivity index (χ1) is 21.1. The Morgan fingerprint density at radius 1 is 0.886 bits per heavy atom. The number of hydrogen-bond donors (Lipinski definition) is 0. The third-order valence-corrected chi connectivity index (χ3v) is 7.45. The van der Waals surface area contributed by atoms with Crippen LogP contribution in [0.15, 0.2) is 66.7 Å². The van der Waals surface area contributed by atoms with Gasteiger partial charge in [-0.2, -0.15) is 0 Å². The van der Waals surface area contributed by atoms with Crippen molar-refractivity contribution in [2.24, 2.45) is 0 Å². The molecule has 0 aliphatic heterocycles. The second-order valence-electron chi connectivity index (χ2n) is 12.3. The Labute approximate surface area is 262 Å². The van der Waals surface area contributed by atoms with E-state index >= 15 is 0 Å². The molecule has 1 heterocycles. The quantitative estimate of drug-likeness (QED) is 0.113. The Balaban J connectivity index is 1.65. The molecular formula is C37H47N3O4. The van der Waals surface area contributed by atoms with Gasteiger partial charge in [-0.15, -0.1) is 0 Å². The Kier molecular flexibility index (Phi) is 11.2. The molecule has 0 N–H and O–H groups in total. The Morgan fingerprint density at radius 3 is 2.30 bits per heavy atom. The van der Waals surface area contributed by atoms with Gasteiger partial charge in [0.15, 0.2) is 0 Å². The topological polar surface area (TPSA) is 73.7 Å². The minimum Gasteiger partial charge on any atom is -0.428 e. The average molecular weight is 598 g/mol. The van der Waals surface area contributed by atoms with E-state index in [2.05, 4.69) is 54.8 Å². The van der Waals surface area contributed by atoms with E-state index in [9.17, 15) is 9.59 Å². The number of anilines is 1. The molecular weight excluding hydrogens is 550 g/mol. The fraction of sp³-hybridized carbons (Fsp3) is 0.432. The molecule has 0 unspecified atom stereocenters. The van der Waals surface area contributed by atoms with Gasteiger partial charge in [0.25, 0.3) is 0 Å². The van der Waals surface area contributed by atoms with Crippen LogP contribution in [0.5, 0.6) is 5.75 Å². The number of para-hydroxylation sites is 1. The molecule has 1 amide bonds. The van der Waals surface area contributed by atoms with E-state index in [1.54, 1.807) is 6.07 Å². The summed E-state index contributed by atoms with van der Waals surface area (Å²) >= 11 is 0. The standard InChI is InChI=1S/C37H47N3O4/c1-7-10-17-34-38-31-23-22-29(39(24-11-8-2)35(41)14-9-3)25-32(31)40(34)26-27-18-20-28(21-19-27)30-15-12-13-16-33(30)43-36(42)44-37(4,5)6/h12-13,15-16,18-23,25H,7-11,14,17,24,26H2,1-6H3. The van der Waals surface area contributed by atoms with E-state index in [1.165, 1.54) is 0 Å². The van der Waals surface area contributed by atoms with Crippen molar-refractivity contribution in [3.63, 3.8) is 0 Å². The summed E-state index contributed by atoms with van der Waals surface area (Å²) in [4.78, 5) is 32.4. The van der Waals surface area contributed by atoms with E-state index in [1.807, 2.05) is 56.9 Å². The second kappa shape index (κ2) is 15.0. The van der Waals surface area contributed by atoms with Crippen LogP contribution in [0.4, 0.5) is 10.5 Å². The Morgan fingerprint density at radius 2 is 1.61 bits per heavy atom. The van der Waals surface area contributed by atoms with Gasteiger partial charge in [-0.1, -0.05) is 76.1 Å². The lowest BCUT2D eigenvalue weighted by Gasteiger charge is -2.23. The number of carbonyl (C=O) groups is 2. The lowest BCUT2D eigenvalue weighted by molar-refractivity contribution is -0.118. The summed E-state index contributed by atoms with van der Waals surface area (Å²) in [6.45, 7) is 13.2. The molecule has 0 aliphatic carbocycles. The SMILES string of the molecule is CCCCc1nc2ccc(N(CCCC)C(=O)CCC)cc2n1Cc1ccc(-c2ccccc2OC(=O)OC(C)(C)C)cc1. The highest BCUT2D eigenvalue weighted by Gasteiger charge is 2.20. The van der Waals surface area contributed by atoms with Gasteiger partial charge in [0, 0.05) is 37.2 Å². The maximum atomic E-state index is 13.1. The van der Waals surface area contributed by atoms with Crippen LogP contribution in [0.1, 0.15) is 91.5 Å². The number of imidazole rings is 1. The second-order valence-corrected chi connectivity index (χ2v) is 12.3. The number of unbranched alkanes of at least 4 members (excludes halogenated alkanes) is 2. The molecule has 0 aliphatic rings. The first kappa shape index (κ1) is 32.8. The third kappa shape index (κ3) is 8.49. The van der Waals surface area contributed by atoms with Crippen LogP contribution in [-0.2, 0) is 22.5 Å². The van der Waals surface area contributed by atoms with Gasteiger partial charge in [0.2, 0.25) is 5.91 Å². The summed E-state index contributed by atoms with van der Waals surface area (Å²) in [6, 6.07) is 22.0. The van der Waals surface area contributed by atoms with Gasteiger partial charge in [0.1, 0.15) is 17.2 Å². The highest BCUT2D eigenvalue weighted by molar-refractivity contribution is 5.95. The van der Waals surface area contributed by atoms with Gasteiger partial charge >= 0.3 is 6.16 Å². The van der Waals surface area contributed by atoms with Crippen molar-refractivity contribution in [1.82, 2.24) is 9.55 Å². The zero-order chi connectivity index (χ0) is 31.7. The summed E-state index contributed by atoms with van der Waals surface area (Å²) < 4.78 is 13.2. The smallest absolute Gasteiger partial charge is 0.428 e. The van der Waals surface area contributed by atoms with Gasteiger partial charge in [-0.25, -0.2) is 9.78 Å². The van der Waals surface area contributed by atoms with Crippen LogP contribution < -0.4 is 9.64 Å².